The second-order valence-electron chi connectivity index (χ2n) is 10.7. The van der Waals surface area contributed by atoms with Crippen LogP contribution in [0.1, 0.15) is 38.5 Å². The molecule has 11 heteroatoms. The molecule has 180 valence electrons. The van der Waals surface area contributed by atoms with Gasteiger partial charge in [-0.3, -0.25) is 4.79 Å². The van der Waals surface area contributed by atoms with Crippen LogP contribution in [0.15, 0.2) is 37.2 Å². The molecule has 3 aromatic heterocycles. The molecule has 3 aromatic rings. The zero-order valence-electron chi connectivity index (χ0n) is 19.3. The molecule has 5 aliphatic rings. The van der Waals surface area contributed by atoms with Crippen molar-refractivity contribution in [2.75, 3.05) is 22.2 Å². The largest absolute Gasteiger partial charge is 0.481 e. The van der Waals surface area contributed by atoms with Crippen LogP contribution >= 0.6 is 0 Å². The van der Waals surface area contributed by atoms with Gasteiger partial charge in [-0.05, 0) is 50.4 Å². The minimum atomic E-state index is -0.684. The van der Waals surface area contributed by atoms with Crippen molar-refractivity contribution < 1.29 is 14.3 Å². The van der Waals surface area contributed by atoms with Crippen molar-refractivity contribution in [3.05, 3.63) is 43.0 Å². The molecule has 35 heavy (non-hydrogen) atoms. The van der Waals surface area contributed by atoms with Crippen LogP contribution in [0.3, 0.4) is 0 Å². The van der Waals surface area contributed by atoms with E-state index in [0.717, 1.165) is 43.6 Å². The minimum absolute atomic E-state index is 0.180. The zero-order chi connectivity index (χ0) is 24.1. The summed E-state index contributed by atoms with van der Waals surface area (Å²) in [4.78, 5) is 29.8. The van der Waals surface area contributed by atoms with E-state index in [-0.39, 0.29) is 17.2 Å². The Morgan fingerprint density at radius 3 is 2.77 bits per heavy atom. The first-order chi connectivity index (χ1) is 16.8. The molecule has 2 unspecified atom stereocenters. The van der Waals surface area contributed by atoms with Gasteiger partial charge in [0.2, 0.25) is 5.95 Å². The zero-order valence-corrected chi connectivity index (χ0v) is 19.3. The Bertz CT molecular complexity index is 1410. The van der Waals surface area contributed by atoms with E-state index in [1.54, 1.807) is 6.20 Å². The highest BCUT2D eigenvalue weighted by atomic mass is 19.1. The van der Waals surface area contributed by atoms with Crippen molar-refractivity contribution in [3.63, 3.8) is 0 Å². The van der Waals surface area contributed by atoms with Crippen LogP contribution in [0, 0.1) is 23.1 Å². The lowest BCUT2D eigenvalue weighted by atomic mass is 9.46. The van der Waals surface area contributed by atoms with Crippen molar-refractivity contribution in [2.24, 2.45) is 17.3 Å². The second kappa shape index (κ2) is 6.67. The SMILES string of the molecule is C=C1N(C)c2cnc(Nc3cn4ncnc4cc3F)nc2N1C12CC3CC(CC(C(=O)O)(C3)C1)C2. The summed E-state index contributed by atoms with van der Waals surface area (Å²) in [5.41, 5.74) is 0.347. The molecule has 0 amide bonds. The second-order valence-corrected chi connectivity index (χ2v) is 10.7. The van der Waals surface area contributed by atoms with Crippen LogP contribution < -0.4 is 15.1 Å². The van der Waals surface area contributed by atoms with Crippen molar-refractivity contribution in [1.82, 2.24) is 24.6 Å². The number of anilines is 4. The van der Waals surface area contributed by atoms with Crippen LogP contribution in [-0.4, -0.2) is 48.2 Å². The van der Waals surface area contributed by atoms with E-state index in [4.69, 9.17) is 4.98 Å². The number of aliphatic carboxylic acids is 1. The smallest absolute Gasteiger partial charge is 0.309 e. The van der Waals surface area contributed by atoms with Crippen molar-refractivity contribution >= 4 is 34.8 Å². The third-order valence-corrected chi connectivity index (χ3v) is 8.54. The summed E-state index contributed by atoms with van der Waals surface area (Å²) in [7, 11) is 1.92. The highest BCUT2D eigenvalue weighted by Gasteiger charge is 2.64. The molecule has 10 nitrogen and oxygen atoms in total. The first-order valence-corrected chi connectivity index (χ1v) is 11.9. The number of hydrogen-bond acceptors (Lipinski definition) is 8. The van der Waals surface area contributed by atoms with Crippen molar-refractivity contribution in [2.45, 2.75) is 44.1 Å². The topological polar surface area (TPSA) is 112 Å². The van der Waals surface area contributed by atoms with E-state index in [9.17, 15) is 14.3 Å². The lowest BCUT2D eigenvalue weighted by Crippen LogP contribution is -2.64. The Balaban J connectivity index is 1.29. The Morgan fingerprint density at radius 2 is 2.03 bits per heavy atom. The van der Waals surface area contributed by atoms with E-state index in [1.165, 1.54) is 23.1 Å². The maximum atomic E-state index is 14.7. The van der Waals surface area contributed by atoms with E-state index in [2.05, 4.69) is 31.9 Å². The molecule has 1 aliphatic heterocycles. The first-order valence-electron chi connectivity index (χ1n) is 11.9. The van der Waals surface area contributed by atoms with Crippen LogP contribution in [0.2, 0.25) is 0 Å². The maximum absolute atomic E-state index is 14.7. The quantitative estimate of drug-likeness (QED) is 0.584. The normalized spacial score (nSPS) is 30.9. The fourth-order valence-electron chi connectivity index (χ4n) is 7.51. The number of carboxylic acid groups (broad SMARTS) is 1. The molecule has 4 bridgehead atoms. The number of nitrogens with one attached hydrogen (secondary N) is 1. The van der Waals surface area contributed by atoms with Gasteiger partial charge in [0.15, 0.2) is 17.3 Å². The van der Waals surface area contributed by atoms with Gasteiger partial charge in [-0.15, -0.1) is 0 Å². The summed E-state index contributed by atoms with van der Waals surface area (Å²) in [5.74, 6) is 1.29. The number of hydrogen-bond donors (Lipinski definition) is 2. The van der Waals surface area contributed by atoms with Crippen molar-refractivity contribution in [3.8, 4) is 0 Å². The number of nitrogens with zero attached hydrogens (tertiary/aromatic N) is 7. The average Bonchev–Trinajstić information content (AvgIpc) is 3.34. The van der Waals surface area contributed by atoms with Gasteiger partial charge in [-0.1, -0.05) is 6.58 Å². The fraction of sp³-hybridized carbons (Fsp3) is 0.458. The number of pyridine rings is 1. The summed E-state index contributed by atoms with van der Waals surface area (Å²) >= 11 is 0. The molecule has 0 radical (unpaired) electrons. The molecule has 8 rings (SSSR count). The number of aromatic nitrogens is 5. The van der Waals surface area contributed by atoms with E-state index >= 15 is 0 Å². The molecule has 0 saturated heterocycles. The number of carboxylic acids is 1. The van der Waals surface area contributed by atoms with Gasteiger partial charge < -0.3 is 20.2 Å². The third-order valence-electron chi connectivity index (χ3n) is 8.54. The molecule has 0 aromatic carbocycles. The Labute approximate surface area is 200 Å². The Kier molecular flexibility index (Phi) is 3.93. The molecule has 2 N–H and O–H groups in total. The van der Waals surface area contributed by atoms with Gasteiger partial charge in [0.1, 0.15) is 17.8 Å². The van der Waals surface area contributed by atoms with E-state index in [0.29, 0.717) is 29.7 Å². The molecule has 4 saturated carbocycles. The summed E-state index contributed by atoms with van der Waals surface area (Å²) in [6, 6.07) is 1.30. The third kappa shape index (κ3) is 2.77. The molecule has 4 heterocycles. The lowest BCUT2D eigenvalue weighted by molar-refractivity contribution is -0.166. The molecular weight excluding hydrogens is 451 g/mol. The number of rotatable bonds is 4. The monoisotopic (exact) mass is 476 g/mol. The minimum Gasteiger partial charge on any atom is -0.481 e. The summed E-state index contributed by atoms with van der Waals surface area (Å²) < 4.78 is 16.2. The number of carbonyl (C=O) groups is 1. The summed E-state index contributed by atoms with van der Waals surface area (Å²) in [6.07, 6.45) is 9.61. The summed E-state index contributed by atoms with van der Waals surface area (Å²) in [5, 5.41) is 17.2. The standard InChI is InChI=1S/C24H25FN8O2/c1-13-31(2)18-9-26-22(29-17-10-32-19(4-16(17)25)27-12-28-32)30-20(18)33(13)24-7-14-3-15(8-24)6-23(5-14,11-24)21(34)35/h4,9-10,12,14-15H,1,3,5-8,11H2,2H3,(H,34,35)(H,26,29,30). The number of fused-ring (bicyclic) bond motifs is 2. The van der Waals surface area contributed by atoms with Gasteiger partial charge in [0, 0.05) is 18.7 Å². The molecular formula is C24H25FN8O2. The van der Waals surface area contributed by atoms with Crippen LogP contribution in [0.4, 0.5) is 27.5 Å². The van der Waals surface area contributed by atoms with Crippen LogP contribution in [0.25, 0.3) is 5.65 Å². The molecule has 4 fully saturated rings. The van der Waals surface area contributed by atoms with Crippen molar-refractivity contribution in [1.29, 1.82) is 0 Å². The predicted octanol–water partition coefficient (Wildman–Crippen LogP) is 3.55. The molecule has 4 aliphatic carbocycles. The highest BCUT2D eigenvalue weighted by Crippen LogP contribution is 2.65. The van der Waals surface area contributed by atoms with Gasteiger partial charge in [0.25, 0.3) is 0 Å². The van der Waals surface area contributed by atoms with Gasteiger partial charge >= 0.3 is 5.97 Å². The number of halogens is 1. The average molecular weight is 477 g/mol. The van der Waals surface area contributed by atoms with Crippen LogP contribution in [0.5, 0.6) is 0 Å². The summed E-state index contributed by atoms with van der Waals surface area (Å²) in [6.45, 7) is 4.35. The first kappa shape index (κ1) is 20.6. The molecule has 2 atom stereocenters. The van der Waals surface area contributed by atoms with E-state index in [1.807, 2.05) is 11.9 Å². The van der Waals surface area contributed by atoms with Gasteiger partial charge in [0.05, 0.1) is 23.5 Å². The van der Waals surface area contributed by atoms with Gasteiger partial charge in [-0.25, -0.2) is 18.9 Å². The van der Waals surface area contributed by atoms with Crippen LogP contribution in [-0.2, 0) is 4.79 Å². The van der Waals surface area contributed by atoms with Gasteiger partial charge in [-0.2, -0.15) is 10.1 Å². The fourth-order valence-corrected chi connectivity index (χ4v) is 7.51. The lowest BCUT2D eigenvalue weighted by Gasteiger charge is -2.63. The Morgan fingerprint density at radius 1 is 1.26 bits per heavy atom. The predicted molar refractivity (Wildman–Crippen MR) is 126 cm³/mol. The molecule has 0 spiro atoms. The maximum Gasteiger partial charge on any atom is 0.309 e. The van der Waals surface area contributed by atoms with E-state index < -0.39 is 17.2 Å². The highest BCUT2D eigenvalue weighted by molar-refractivity contribution is 5.82. The Hall–Kier alpha value is -3.76.